The Labute approximate surface area is 129 Å². The van der Waals surface area contributed by atoms with Gasteiger partial charge in [0.15, 0.2) is 0 Å². The van der Waals surface area contributed by atoms with E-state index in [1.165, 1.54) is 0 Å². The summed E-state index contributed by atoms with van der Waals surface area (Å²) in [4.78, 5) is 24.0. The van der Waals surface area contributed by atoms with E-state index >= 15 is 0 Å². The summed E-state index contributed by atoms with van der Waals surface area (Å²) >= 11 is 0. The monoisotopic (exact) mass is 296 g/mol. The van der Waals surface area contributed by atoms with E-state index in [4.69, 9.17) is 0 Å². The molecule has 4 heteroatoms. The fraction of sp³-hybridized carbons (Fsp3) is 0.882. The van der Waals surface area contributed by atoms with Crippen LogP contribution in [0.2, 0.25) is 0 Å². The van der Waals surface area contributed by atoms with Gasteiger partial charge in [0, 0.05) is 23.4 Å². The van der Waals surface area contributed by atoms with Gasteiger partial charge in [0.25, 0.3) is 0 Å². The normalized spacial score (nSPS) is 28.5. The molecule has 122 valence electrons. The van der Waals surface area contributed by atoms with Gasteiger partial charge < -0.3 is 10.6 Å². The lowest BCUT2D eigenvalue weighted by molar-refractivity contribution is -0.127. The largest absolute Gasteiger partial charge is 0.353 e. The number of nitrogens with one attached hydrogen (secondary N) is 2. The van der Waals surface area contributed by atoms with Crippen LogP contribution in [0.3, 0.4) is 0 Å². The zero-order chi connectivity index (χ0) is 16.4. The van der Waals surface area contributed by atoms with Crippen LogP contribution < -0.4 is 10.6 Å². The van der Waals surface area contributed by atoms with Gasteiger partial charge in [0.1, 0.15) is 0 Å². The molecule has 0 aromatic heterocycles. The highest BCUT2D eigenvalue weighted by Gasteiger charge is 2.42. The molecule has 0 heterocycles. The molecule has 0 aromatic rings. The number of carbonyl (C=O) groups is 2. The van der Waals surface area contributed by atoms with Gasteiger partial charge in [-0.1, -0.05) is 41.5 Å². The Morgan fingerprint density at radius 1 is 0.952 bits per heavy atom. The molecule has 1 aliphatic rings. The lowest BCUT2D eigenvalue weighted by Gasteiger charge is -2.47. The van der Waals surface area contributed by atoms with Crippen LogP contribution in [-0.2, 0) is 9.59 Å². The summed E-state index contributed by atoms with van der Waals surface area (Å²) in [6, 6.07) is 0.126. The third kappa shape index (κ3) is 5.33. The lowest BCUT2D eigenvalue weighted by atomic mass is 9.66. The van der Waals surface area contributed by atoms with Gasteiger partial charge in [-0.25, -0.2) is 0 Å². The quantitative estimate of drug-likeness (QED) is 0.838. The van der Waals surface area contributed by atoms with E-state index in [-0.39, 0.29) is 40.6 Å². The number of amides is 2. The van der Waals surface area contributed by atoms with E-state index in [2.05, 4.69) is 31.4 Å². The van der Waals surface area contributed by atoms with Crippen molar-refractivity contribution in [3.8, 4) is 0 Å². The molecule has 2 N–H and O–H groups in total. The summed E-state index contributed by atoms with van der Waals surface area (Å²) in [5.41, 5.74) is -0.149. The van der Waals surface area contributed by atoms with E-state index in [0.717, 1.165) is 19.3 Å². The van der Waals surface area contributed by atoms with Crippen LogP contribution in [0.15, 0.2) is 0 Å². The summed E-state index contributed by atoms with van der Waals surface area (Å²) in [6.45, 7) is 14.1. The highest BCUT2D eigenvalue weighted by atomic mass is 16.2. The molecule has 2 unspecified atom stereocenters. The average molecular weight is 296 g/mol. The van der Waals surface area contributed by atoms with Crippen molar-refractivity contribution < 1.29 is 9.59 Å². The molecule has 1 fully saturated rings. The maximum Gasteiger partial charge on any atom is 0.222 e. The van der Waals surface area contributed by atoms with Gasteiger partial charge in [-0.05, 0) is 31.6 Å². The van der Waals surface area contributed by atoms with Gasteiger partial charge in [-0.3, -0.25) is 9.59 Å². The Morgan fingerprint density at radius 3 is 1.95 bits per heavy atom. The molecule has 1 saturated carbocycles. The molecule has 0 bridgehead atoms. The van der Waals surface area contributed by atoms with Crippen molar-refractivity contribution in [1.82, 2.24) is 10.6 Å². The number of hydrogen-bond donors (Lipinski definition) is 2. The highest BCUT2D eigenvalue weighted by Crippen LogP contribution is 2.41. The molecule has 0 spiro atoms. The topological polar surface area (TPSA) is 58.2 Å². The first-order chi connectivity index (χ1) is 9.44. The van der Waals surface area contributed by atoms with Crippen LogP contribution in [0.25, 0.3) is 0 Å². The molecule has 1 aliphatic carbocycles. The Balaban J connectivity index is 2.82. The van der Waals surface area contributed by atoms with E-state index in [1.54, 1.807) is 0 Å². The van der Waals surface area contributed by atoms with Crippen molar-refractivity contribution in [3.05, 3.63) is 0 Å². The first kappa shape index (κ1) is 18.0. The second-order valence-electron chi connectivity index (χ2n) is 8.31. The molecule has 0 radical (unpaired) electrons. The van der Waals surface area contributed by atoms with E-state index in [1.807, 2.05) is 27.7 Å². The van der Waals surface area contributed by atoms with Crippen LogP contribution in [0.4, 0.5) is 0 Å². The summed E-state index contributed by atoms with van der Waals surface area (Å²) in [6.07, 6.45) is 2.69. The van der Waals surface area contributed by atoms with Crippen LogP contribution in [0, 0.1) is 17.3 Å². The van der Waals surface area contributed by atoms with Gasteiger partial charge >= 0.3 is 0 Å². The van der Waals surface area contributed by atoms with Crippen molar-refractivity contribution >= 4 is 11.8 Å². The fourth-order valence-electron chi connectivity index (χ4n) is 3.49. The first-order valence-corrected chi connectivity index (χ1v) is 8.06. The molecule has 0 saturated heterocycles. The molecule has 21 heavy (non-hydrogen) atoms. The van der Waals surface area contributed by atoms with Crippen molar-refractivity contribution in [2.24, 2.45) is 17.3 Å². The summed E-state index contributed by atoms with van der Waals surface area (Å²) in [7, 11) is 0. The molecule has 2 amide bonds. The minimum atomic E-state index is -0.252. The molecule has 2 atom stereocenters. The van der Waals surface area contributed by atoms with Crippen LogP contribution >= 0.6 is 0 Å². The summed E-state index contributed by atoms with van der Waals surface area (Å²) in [5.74, 6) is 0.154. The van der Waals surface area contributed by atoms with Gasteiger partial charge in [-0.2, -0.15) is 0 Å². The zero-order valence-electron chi connectivity index (χ0n) is 14.7. The molecule has 0 aromatic carbocycles. The zero-order valence-corrected chi connectivity index (χ0v) is 14.7. The van der Waals surface area contributed by atoms with Crippen LogP contribution in [0.5, 0.6) is 0 Å². The molecular weight excluding hydrogens is 264 g/mol. The molecule has 0 aliphatic heterocycles. The SMILES string of the molecule is CC(C)C(=O)NC1CC(C)(C)CC(C)(NC(=O)C(C)C)C1. The van der Waals surface area contributed by atoms with Crippen LogP contribution in [-0.4, -0.2) is 23.4 Å². The number of carbonyl (C=O) groups excluding carboxylic acids is 2. The van der Waals surface area contributed by atoms with Crippen molar-refractivity contribution in [2.45, 2.75) is 79.3 Å². The lowest BCUT2D eigenvalue weighted by Crippen LogP contribution is -2.58. The minimum absolute atomic E-state index is 0.00782. The van der Waals surface area contributed by atoms with Crippen molar-refractivity contribution in [1.29, 1.82) is 0 Å². The third-order valence-corrected chi connectivity index (χ3v) is 4.18. The van der Waals surface area contributed by atoms with E-state index in [0.29, 0.717) is 0 Å². The predicted octanol–water partition coefficient (Wildman–Crippen LogP) is 2.87. The summed E-state index contributed by atoms with van der Waals surface area (Å²) in [5, 5.41) is 6.33. The van der Waals surface area contributed by atoms with Gasteiger partial charge in [0.05, 0.1) is 0 Å². The smallest absolute Gasteiger partial charge is 0.222 e. The van der Waals surface area contributed by atoms with Gasteiger partial charge in [-0.15, -0.1) is 0 Å². The van der Waals surface area contributed by atoms with E-state index < -0.39 is 0 Å². The maximum absolute atomic E-state index is 12.1. The predicted molar refractivity (Wildman–Crippen MR) is 85.8 cm³/mol. The standard InChI is InChI=1S/C17H32N2O2/c1-11(2)14(20)18-13-8-16(5,6)10-17(7,9-13)19-15(21)12(3)4/h11-13H,8-10H2,1-7H3,(H,18,20)(H,19,21). The Hall–Kier alpha value is -1.06. The minimum Gasteiger partial charge on any atom is -0.353 e. The highest BCUT2D eigenvalue weighted by molar-refractivity contribution is 5.79. The number of rotatable bonds is 4. The van der Waals surface area contributed by atoms with Crippen molar-refractivity contribution in [2.75, 3.05) is 0 Å². The maximum atomic E-state index is 12.1. The number of hydrogen-bond acceptors (Lipinski definition) is 2. The molecule has 1 rings (SSSR count). The second kappa shape index (κ2) is 6.37. The second-order valence-corrected chi connectivity index (χ2v) is 8.31. The Morgan fingerprint density at radius 2 is 1.48 bits per heavy atom. The van der Waals surface area contributed by atoms with E-state index in [9.17, 15) is 9.59 Å². The van der Waals surface area contributed by atoms with Crippen molar-refractivity contribution in [3.63, 3.8) is 0 Å². The first-order valence-electron chi connectivity index (χ1n) is 8.06. The third-order valence-electron chi connectivity index (χ3n) is 4.18. The fourth-order valence-corrected chi connectivity index (χ4v) is 3.49. The Kier molecular flexibility index (Phi) is 5.46. The Bertz CT molecular complexity index is 402. The summed E-state index contributed by atoms with van der Waals surface area (Å²) < 4.78 is 0. The molecular formula is C17H32N2O2. The average Bonchev–Trinajstić information content (AvgIpc) is 2.24. The van der Waals surface area contributed by atoms with Gasteiger partial charge in [0.2, 0.25) is 11.8 Å². The molecule has 4 nitrogen and oxygen atoms in total. The van der Waals surface area contributed by atoms with Crippen LogP contribution in [0.1, 0.15) is 67.7 Å².